The molecule has 0 atom stereocenters. The molecule has 23 heavy (non-hydrogen) atoms. The van der Waals surface area contributed by atoms with Gasteiger partial charge >= 0.3 is 5.97 Å². The van der Waals surface area contributed by atoms with Crippen molar-refractivity contribution in [2.24, 2.45) is 4.99 Å². The first-order chi connectivity index (χ1) is 11.0. The predicted molar refractivity (Wildman–Crippen MR) is 87.7 cm³/mol. The number of carbonyl (C=O) groups excluding carboxylic acids is 1. The number of amidine groups is 1. The van der Waals surface area contributed by atoms with Crippen molar-refractivity contribution < 1.29 is 19.1 Å². The van der Waals surface area contributed by atoms with Gasteiger partial charge in [0.05, 0.1) is 16.2 Å². The van der Waals surface area contributed by atoms with E-state index >= 15 is 0 Å². The molecule has 116 valence electrons. The Bertz CT molecular complexity index is 834. The first-order valence-electron chi connectivity index (χ1n) is 6.70. The summed E-state index contributed by atoms with van der Waals surface area (Å²) in [4.78, 5) is 27.5. The van der Waals surface area contributed by atoms with Gasteiger partial charge in [-0.15, -0.1) is 0 Å². The van der Waals surface area contributed by atoms with Crippen molar-refractivity contribution in [3.05, 3.63) is 58.4 Å². The van der Waals surface area contributed by atoms with Crippen LogP contribution in [0.15, 0.2) is 50.7 Å². The summed E-state index contributed by atoms with van der Waals surface area (Å²) < 4.78 is 5.42. The van der Waals surface area contributed by atoms with Gasteiger partial charge < -0.3 is 14.8 Å². The van der Waals surface area contributed by atoms with Crippen molar-refractivity contribution in [3.63, 3.8) is 0 Å². The van der Waals surface area contributed by atoms with Crippen LogP contribution in [0.2, 0.25) is 0 Å². The van der Waals surface area contributed by atoms with Crippen LogP contribution in [0.5, 0.6) is 0 Å². The molecule has 2 aromatic rings. The lowest BCUT2D eigenvalue weighted by atomic mass is 10.2. The quantitative estimate of drug-likeness (QED) is 0.844. The van der Waals surface area contributed by atoms with Crippen molar-refractivity contribution in [2.75, 3.05) is 0 Å². The molecule has 0 radical (unpaired) electrons. The maximum Gasteiger partial charge on any atom is 0.335 e. The molecule has 0 spiro atoms. The van der Waals surface area contributed by atoms with Crippen LogP contribution >= 0.6 is 11.8 Å². The topological polar surface area (TPSA) is 91.9 Å². The molecule has 0 bridgehead atoms. The van der Waals surface area contributed by atoms with Gasteiger partial charge in [0.1, 0.15) is 11.5 Å². The van der Waals surface area contributed by atoms with Gasteiger partial charge in [-0.25, -0.2) is 9.79 Å². The normalized spacial score (nSPS) is 17.7. The van der Waals surface area contributed by atoms with Crippen LogP contribution in [0.4, 0.5) is 5.69 Å². The Balaban J connectivity index is 1.78. The van der Waals surface area contributed by atoms with Gasteiger partial charge in [-0.05, 0) is 55.1 Å². The number of furan rings is 1. The second kappa shape index (κ2) is 6.13. The lowest BCUT2D eigenvalue weighted by Gasteiger charge is -1.97. The first kappa shape index (κ1) is 15.1. The van der Waals surface area contributed by atoms with E-state index in [0.717, 1.165) is 5.76 Å². The molecule has 2 heterocycles. The summed E-state index contributed by atoms with van der Waals surface area (Å²) in [5.74, 6) is 0.136. The standard InChI is InChI=1S/C16H12N2O4S/c1-9-2-7-12(22-9)8-13-14(19)18-16(23-13)17-11-5-3-10(4-6-11)15(20)21/h2-8H,1H3,(H,20,21)(H,17,18,19)/b13-8-. The highest BCUT2D eigenvalue weighted by Crippen LogP contribution is 2.28. The highest BCUT2D eigenvalue weighted by Gasteiger charge is 2.24. The largest absolute Gasteiger partial charge is 0.478 e. The van der Waals surface area contributed by atoms with Crippen LogP contribution < -0.4 is 5.32 Å². The highest BCUT2D eigenvalue weighted by atomic mass is 32.2. The Kier molecular flexibility index (Phi) is 4.03. The number of benzene rings is 1. The number of amides is 1. The van der Waals surface area contributed by atoms with Crippen molar-refractivity contribution in [3.8, 4) is 0 Å². The average Bonchev–Trinajstić information content (AvgIpc) is 3.06. The molecular formula is C16H12N2O4S. The third-order valence-electron chi connectivity index (χ3n) is 3.03. The summed E-state index contributed by atoms with van der Waals surface area (Å²) in [7, 11) is 0. The van der Waals surface area contributed by atoms with E-state index in [2.05, 4.69) is 10.3 Å². The lowest BCUT2D eigenvalue weighted by molar-refractivity contribution is -0.115. The maximum atomic E-state index is 11.9. The molecule has 0 aliphatic carbocycles. The van der Waals surface area contributed by atoms with E-state index in [4.69, 9.17) is 9.52 Å². The Labute approximate surface area is 135 Å². The van der Waals surface area contributed by atoms with Gasteiger partial charge in [0.2, 0.25) is 0 Å². The molecular weight excluding hydrogens is 316 g/mol. The molecule has 6 nitrogen and oxygen atoms in total. The summed E-state index contributed by atoms with van der Waals surface area (Å²) >= 11 is 1.20. The zero-order valence-corrected chi connectivity index (χ0v) is 12.9. The van der Waals surface area contributed by atoms with Crippen LogP contribution in [-0.4, -0.2) is 22.2 Å². The number of carboxylic acid groups (broad SMARTS) is 1. The van der Waals surface area contributed by atoms with Crippen LogP contribution in [0.25, 0.3) is 6.08 Å². The smallest absolute Gasteiger partial charge is 0.335 e. The lowest BCUT2D eigenvalue weighted by Crippen LogP contribution is -2.19. The minimum Gasteiger partial charge on any atom is -0.478 e. The van der Waals surface area contributed by atoms with Gasteiger partial charge in [-0.2, -0.15) is 0 Å². The van der Waals surface area contributed by atoms with E-state index in [1.54, 1.807) is 24.3 Å². The fourth-order valence-corrected chi connectivity index (χ4v) is 2.76. The van der Waals surface area contributed by atoms with E-state index in [-0.39, 0.29) is 11.5 Å². The molecule has 2 N–H and O–H groups in total. The van der Waals surface area contributed by atoms with Crippen molar-refractivity contribution >= 4 is 40.6 Å². The molecule has 1 aliphatic heterocycles. The van der Waals surface area contributed by atoms with Crippen molar-refractivity contribution in [1.82, 2.24) is 5.32 Å². The third-order valence-corrected chi connectivity index (χ3v) is 3.94. The number of aryl methyl sites for hydroxylation is 1. The number of hydrogen-bond acceptors (Lipinski definition) is 5. The molecule has 1 saturated heterocycles. The molecule has 1 fully saturated rings. The number of hydrogen-bond donors (Lipinski definition) is 2. The molecule has 0 unspecified atom stereocenters. The summed E-state index contributed by atoms with van der Waals surface area (Å²) in [6.07, 6.45) is 1.66. The van der Waals surface area contributed by atoms with Gasteiger partial charge in [-0.3, -0.25) is 4.79 Å². The maximum absolute atomic E-state index is 11.9. The first-order valence-corrected chi connectivity index (χ1v) is 7.52. The number of aromatic carboxylic acids is 1. The Morgan fingerprint density at radius 3 is 2.61 bits per heavy atom. The fraction of sp³-hybridized carbons (Fsp3) is 0.0625. The van der Waals surface area contributed by atoms with Crippen molar-refractivity contribution in [1.29, 1.82) is 0 Å². The minimum absolute atomic E-state index is 0.186. The zero-order chi connectivity index (χ0) is 16.4. The Morgan fingerprint density at radius 2 is 2.00 bits per heavy atom. The number of carboxylic acids is 1. The summed E-state index contributed by atoms with van der Waals surface area (Å²) in [5.41, 5.74) is 0.749. The molecule has 1 aromatic heterocycles. The SMILES string of the molecule is Cc1ccc(/C=C2\SC(=Nc3ccc(C(=O)O)cc3)NC2=O)o1. The van der Waals surface area contributed by atoms with Crippen LogP contribution in [0.1, 0.15) is 21.9 Å². The van der Waals surface area contributed by atoms with Crippen LogP contribution in [-0.2, 0) is 4.79 Å². The van der Waals surface area contributed by atoms with Gasteiger partial charge in [0, 0.05) is 6.08 Å². The van der Waals surface area contributed by atoms with E-state index in [1.165, 1.54) is 23.9 Å². The second-order valence-electron chi connectivity index (χ2n) is 4.78. The molecule has 1 aliphatic rings. The predicted octanol–water partition coefficient (Wildman–Crippen LogP) is 3.18. The summed E-state index contributed by atoms with van der Waals surface area (Å²) in [6, 6.07) is 9.71. The number of aliphatic imine (C=N–C) groups is 1. The minimum atomic E-state index is -0.994. The van der Waals surface area contributed by atoms with E-state index in [9.17, 15) is 9.59 Å². The molecule has 3 rings (SSSR count). The fourth-order valence-electron chi connectivity index (χ4n) is 1.94. The molecule has 0 saturated carbocycles. The molecule has 7 heteroatoms. The van der Waals surface area contributed by atoms with Crippen molar-refractivity contribution in [2.45, 2.75) is 6.92 Å². The van der Waals surface area contributed by atoms with Crippen LogP contribution in [0.3, 0.4) is 0 Å². The zero-order valence-electron chi connectivity index (χ0n) is 12.1. The van der Waals surface area contributed by atoms with E-state index in [1.807, 2.05) is 13.0 Å². The highest BCUT2D eigenvalue weighted by molar-refractivity contribution is 8.18. The number of rotatable bonds is 3. The third kappa shape index (κ3) is 3.51. The van der Waals surface area contributed by atoms with Gasteiger partial charge in [0.15, 0.2) is 5.17 Å². The van der Waals surface area contributed by atoms with Gasteiger partial charge in [-0.1, -0.05) is 0 Å². The molecule has 1 aromatic carbocycles. The van der Waals surface area contributed by atoms with Gasteiger partial charge in [0.25, 0.3) is 5.91 Å². The van der Waals surface area contributed by atoms with Crippen LogP contribution in [0, 0.1) is 6.92 Å². The number of nitrogens with one attached hydrogen (secondary N) is 1. The average molecular weight is 328 g/mol. The second-order valence-corrected chi connectivity index (χ2v) is 5.81. The molecule has 1 amide bonds. The number of carbonyl (C=O) groups is 2. The Hall–Kier alpha value is -2.80. The Morgan fingerprint density at radius 1 is 1.26 bits per heavy atom. The van der Waals surface area contributed by atoms with E-state index in [0.29, 0.717) is 21.5 Å². The number of thioether (sulfide) groups is 1. The monoisotopic (exact) mass is 328 g/mol. The number of nitrogens with zero attached hydrogens (tertiary/aromatic N) is 1. The summed E-state index contributed by atoms with van der Waals surface area (Å²) in [6.45, 7) is 1.83. The summed E-state index contributed by atoms with van der Waals surface area (Å²) in [5, 5.41) is 12.0. The van der Waals surface area contributed by atoms with E-state index < -0.39 is 5.97 Å².